The Bertz CT molecular complexity index is 2130. The third-order valence-corrected chi connectivity index (χ3v) is 10.6. The molecule has 1 saturated carbocycles. The Hall–Kier alpha value is -5.88. The molecule has 0 bridgehead atoms. The highest BCUT2D eigenvalue weighted by Crippen LogP contribution is 2.39. The average molecular weight is 716 g/mol. The lowest BCUT2D eigenvalue weighted by Crippen LogP contribution is -2.27. The number of aryl methyl sites for hydroxylation is 3. The first kappa shape index (κ1) is 34.6. The zero-order valence-electron chi connectivity index (χ0n) is 28.3. The Morgan fingerprint density at radius 2 is 1.38 bits per heavy atom. The van der Waals surface area contributed by atoms with E-state index in [1.54, 1.807) is 18.2 Å². The van der Waals surface area contributed by atoms with Gasteiger partial charge < -0.3 is 25.7 Å². The minimum absolute atomic E-state index is 0.0233. The molecule has 2 aliphatic rings. The number of nitrogens with one attached hydrogen (secondary N) is 2. The van der Waals surface area contributed by atoms with Crippen LogP contribution in [0.2, 0.25) is 0 Å². The lowest BCUT2D eigenvalue weighted by molar-refractivity contribution is 0.0685. The molecule has 0 radical (unpaired) electrons. The van der Waals surface area contributed by atoms with Crippen LogP contribution in [0.1, 0.15) is 94.2 Å². The van der Waals surface area contributed by atoms with Crippen molar-refractivity contribution in [3.8, 4) is 0 Å². The average Bonchev–Trinajstić information content (AvgIpc) is 3.94. The first-order valence-corrected chi connectivity index (χ1v) is 18.1. The number of hydrogen-bond donors (Lipinski definition) is 4. The second-order valence-electron chi connectivity index (χ2n) is 13.2. The number of aromatic carboxylic acids is 2. The number of fused-ring (bicyclic) bond motifs is 1. The summed E-state index contributed by atoms with van der Waals surface area (Å²) in [5.74, 6) is -2.15. The standard InChI is InChI=1S/C40H37N5O6S/c46-35(28-5-3-4-26(20-28)23-45(31-18-19-31)40-41-21-29(22-42-40)39(50)51)44-37-34(32-6-1-2-7-33(32)52-37)36(47)43-30-16-12-25(13-17-30)9-8-24-10-14-27(15-11-24)38(48)49/h3-5,10-17,20-22,31H,1-2,6-9,18-19,23H2,(H,43,47)(H,44,46)(H,48,49)(H,50,51). The van der Waals surface area contributed by atoms with Crippen LogP contribution in [0.15, 0.2) is 85.2 Å². The van der Waals surface area contributed by atoms with Gasteiger partial charge in [0.25, 0.3) is 11.8 Å². The van der Waals surface area contributed by atoms with Crippen molar-refractivity contribution in [3.05, 3.63) is 135 Å². The fourth-order valence-corrected chi connectivity index (χ4v) is 7.74. The first-order chi connectivity index (χ1) is 25.2. The number of thiophene rings is 1. The number of hydrogen-bond acceptors (Lipinski definition) is 8. The lowest BCUT2D eigenvalue weighted by atomic mass is 9.95. The Kier molecular flexibility index (Phi) is 10.1. The normalized spacial score (nSPS) is 13.5. The third-order valence-electron chi connectivity index (χ3n) is 9.41. The van der Waals surface area contributed by atoms with E-state index in [1.807, 2.05) is 59.5 Å². The largest absolute Gasteiger partial charge is 0.478 e. The molecule has 0 atom stereocenters. The van der Waals surface area contributed by atoms with E-state index in [2.05, 4.69) is 20.6 Å². The quantitative estimate of drug-likeness (QED) is 0.0982. The van der Waals surface area contributed by atoms with Gasteiger partial charge in [0.1, 0.15) is 5.00 Å². The topological polar surface area (TPSA) is 162 Å². The Balaban J connectivity index is 1.03. The van der Waals surface area contributed by atoms with E-state index in [0.29, 0.717) is 34.3 Å². The van der Waals surface area contributed by atoms with Gasteiger partial charge in [0.15, 0.2) is 0 Å². The van der Waals surface area contributed by atoms with Crippen LogP contribution in [0.3, 0.4) is 0 Å². The van der Waals surface area contributed by atoms with Crippen molar-refractivity contribution in [3.63, 3.8) is 0 Å². The zero-order chi connectivity index (χ0) is 36.2. The molecule has 4 N–H and O–H groups in total. The molecule has 5 aromatic rings. The summed E-state index contributed by atoms with van der Waals surface area (Å²) in [5, 5.41) is 25.0. The zero-order valence-corrected chi connectivity index (χ0v) is 29.1. The summed E-state index contributed by atoms with van der Waals surface area (Å²) in [6.45, 7) is 0.456. The molecule has 3 aromatic carbocycles. The maximum Gasteiger partial charge on any atom is 0.338 e. The van der Waals surface area contributed by atoms with Crippen molar-refractivity contribution in [1.29, 1.82) is 0 Å². The van der Waals surface area contributed by atoms with Crippen LogP contribution in [0.5, 0.6) is 0 Å². The van der Waals surface area contributed by atoms with Gasteiger partial charge in [-0.1, -0.05) is 36.4 Å². The molecule has 0 spiro atoms. The molecular formula is C40H37N5O6S. The minimum Gasteiger partial charge on any atom is -0.478 e. The van der Waals surface area contributed by atoms with E-state index in [-0.39, 0.29) is 29.0 Å². The van der Waals surface area contributed by atoms with Crippen molar-refractivity contribution < 1.29 is 29.4 Å². The van der Waals surface area contributed by atoms with Crippen LogP contribution >= 0.6 is 11.3 Å². The van der Waals surface area contributed by atoms with Crippen LogP contribution in [-0.4, -0.2) is 50.0 Å². The van der Waals surface area contributed by atoms with Gasteiger partial charge >= 0.3 is 11.9 Å². The van der Waals surface area contributed by atoms with Crippen molar-refractivity contribution in [2.75, 3.05) is 15.5 Å². The van der Waals surface area contributed by atoms with Crippen LogP contribution in [0.25, 0.3) is 0 Å². The van der Waals surface area contributed by atoms with Gasteiger partial charge in [-0.25, -0.2) is 19.6 Å². The molecule has 264 valence electrons. The van der Waals surface area contributed by atoms with Crippen molar-refractivity contribution in [2.45, 2.75) is 64.0 Å². The summed E-state index contributed by atoms with van der Waals surface area (Å²) in [6.07, 6.45) is 9.76. The molecule has 1 fully saturated rings. The van der Waals surface area contributed by atoms with E-state index in [1.165, 1.54) is 23.7 Å². The van der Waals surface area contributed by atoms with Crippen molar-refractivity contribution in [1.82, 2.24) is 9.97 Å². The van der Waals surface area contributed by atoms with E-state index in [9.17, 15) is 24.3 Å². The van der Waals surface area contributed by atoms with Crippen LogP contribution < -0.4 is 15.5 Å². The molecule has 2 amide bonds. The Morgan fingerprint density at radius 1 is 0.731 bits per heavy atom. The number of carbonyl (C=O) groups excluding carboxylic acids is 2. The first-order valence-electron chi connectivity index (χ1n) is 17.3. The highest BCUT2D eigenvalue weighted by atomic mass is 32.1. The number of carbonyl (C=O) groups is 4. The SMILES string of the molecule is O=C(O)c1ccc(CCc2ccc(NC(=O)c3c(NC(=O)c4cccc(CN(c5ncc(C(=O)O)cn5)C5CC5)c4)sc4c3CCCC4)cc2)cc1. The number of carboxylic acid groups (broad SMARTS) is 2. The third kappa shape index (κ3) is 8.02. The molecule has 11 nitrogen and oxygen atoms in total. The number of rotatable bonds is 13. The molecule has 0 unspecified atom stereocenters. The number of aromatic nitrogens is 2. The van der Waals surface area contributed by atoms with E-state index < -0.39 is 11.9 Å². The fraction of sp³-hybridized carbons (Fsp3) is 0.250. The Labute approximate surface area is 304 Å². The van der Waals surface area contributed by atoms with E-state index in [4.69, 9.17) is 5.11 Å². The van der Waals surface area contributed by atoms with Crippen molar-refractivity contribution >= 4 is 51.7 Å². The second-order valence-corrected chi connectivity index (χ2v) is 14.3. The highest BCUT2D eigenvalue weighted by Gasteiger charge is 2.31. The number of amides is 2. The van der Waals surface area contributed by atoms with Gasteiger partial charge in [-0.05, 0) is 110 Å². The maximum atomic E-state index is 13.8. The number of carboxylic acids is 2. The van der Waals surface area contributed by atoms with Gasteiger partial charge in [0.2, 0.25) is 5.95 Å². The van der Waals surface area contributed by atoms with Crippen LogP contribution in [-0.2, 0) is 32.2 Å². The maximum absolute atomic E-state index is 13.8. The van der Waals surface area contributed by atoms with Gasteiger partial charge in [-0.3, -0.25) is 9.59 Å². The minimum atomic E-state index is -1.08. The summed E-state index contributed by atoms with van der Waals surface area (Å²) in [5.41, 5.74) is 5.93. The summed E-state index contributed by atoms with van der Waals surface area (Å²) in [6, 6.07) is 22.2. The summed E-state index contributed by atoms with van der Waals surface area (Å²) in [4.78, 5) is 61.7. The van der Waals surface area contributed by atoms with Crippen molar-refractivity contribution in [2.24, 2.45) is 0 Å². The monoisotopic (exact) mass is 715 g/mol. The number of anilines is 3. The van der Waals surface area contributed by atoms with Gasteiger partial charge in [-0.15, -0.1) is 11.3 Å². The van der Waals surface area contributed by atoms with Gasteiger partial charge in [0.05, 0.1) is 16.7 Å². The molecule has 2 aliphatic carbocycles. The molecule has 0 aliphatic heterocycles. The van der Waals surface area contributed by atoms with Crippen LogP contribution in [0, 0.1) is 0 Å². The molecular weight excluding hydrogens is 679 g/mol. The molecule has 12 heteroatoms. The fourth-order valence-electron chi connectivity index (χ4n) is 6.46. The predicted octanol–water partition coefficient (Wildman–Crippen LogP) is 7.27. The summed E-state index contributed by atoms with van der Waals surface area (Å²) in [7, 11) is 0. The number of benzene rings is 3. The molecule has 0 saturated heterocycles. The Morgan fingerprint density at radius 3 is 2.04 bits per heavy atom. The molecule has 2 aromatic heterocycles. The van der Waals surface area contributed by atoms with Gasteiger partial charge in [-0.2, -0.15) is 0 Å². The molecule has 7 rings (SSSR count). The highest BCUT2D eigenvalue weighted by molar-refractivity contribution is 7.17. The lowest BCUT2D eigenvalue weighted by Gasteiger charge is -2.22. The van der Waals surface area contributed by atoms with Gasteiger partial charge in [0, 0.05) is 41.1 Å². The smallest absolute Gasteiger partial charge is 0.338 e. The summed E-state index contributed by atoms with van der Waals surface area (Å²) < 4.78 is 0. The van der Waals surface area contributed by atoms with E-state index >= 15 is 0 Å². The molecule has 52 heavy (non-hydrogen) atoms. The molecule has 2 heterocycles. The predicted molar refractivity (Wildman–Crippen MR) is 199 cm³/mol. The van der Waals surface area contributed by atoms with Crippen LogP contribution in [0.4, 0.5) is 16.6 Å². The van der Waals surface area contributed by atoms with E-state index in [0.717, 1.165) is 78.5 Å². The second kappa shape index (κ2) is 15.2. The summed E-state index contributed by atoms with van der Waals surface area (Å²) >= 11 is 1.47. The number of nitrogens with zero attached hydrogens (tertiary/aromatic N) is 3.